The molecule has 0 saturated carbocycles. The SMILES string of the molecule is NC(c1ccc(Cl)s1)c1ccc(F)cc1F. The van der Waals surface area contributed by atoms with E-state index >= 15 is 0 Å². The van der Waals surface area contributed by atoms with Crippen LogP contribution in [-0.2, 0) is 0 Å². The van der Waals surface area contributed by atoms with Crippen molar-refractivity contribution in [3.8, 4) is 0 Å². The molecule has 2 aromatic rings. The lowest BCUT2D eigenvalue weighted by atomic mass is 10.1. The lowest BCUT2D eigenvalue weighted by Crippen LogP contribution is -2.12. The molecule has 0 aliphatic carbocycles. The van der Waals surface area contributed by atoms with Crippen LogP contribution in [0.5, 0.6) is 0 Å². The molecule has 1 aromatic heterocycles. The Kier molecular flexibility index (Phi) is 3.23. The van der Waals surface area contributed by atoms with E-state index in [0.29, 0.717) is 4.34 Å². The summed E-state index contributed by atoms with van der Waals surface area (Å²) in [5.74, 6) is -1.25. The van der Waals surface area contributed by atoms with Gasteiger partial charge in [-0.25, -0.2) is 8.78 Å². The summed E-state index contributed by atoms with van der Waals surface area (Å²) in [6, 6.07) is 6.18. The summed E-state index contributed by atoms with van der Waals surface area (Å²) in [5.41, 5.74) is 6.13. The van der Waals surface area contributed by atoms with Crippen molar-refractivity contribution in [1.82, 2.24) is 0 Å². The van der Waals surface area contributed by atoms with E-state index in [1.54, 1.807) is 12.1 Å². The molecule has 0 saturated heterocycles. The zero-order valence-electron chi connectivity index (χ0n) is 8.08. The second kappa shape index (κ2) is 4.49. The van der Waals surface area contributed by atoms with Gasteiger partial charge in [0.25, 0.3) is 0 Å². The van der Waals surface area contributed by atoms with E-state index in [2.05, 4.69) is 0 Å². The minimum atomic E-state index is -0.642. The first-order valence-corrected chi connectivity index (χ1v) is 5.73. The van der Waals surface area contributed by atoms with Crippen LogP contribution >= 0.6 is 22.9 Å². The Labute approximate surface area is 100 Å². The largest absolute Gasteiger partial charge is 0.320 e. The van der Waals surface area contributed by atoms with Crippen molar-refractivity contribution in [2.75, 3.05) is 0 Å². The average molecular weight is 260 g/mol. The molecule has 0 aliphatic rings. The molecule has 1 atom stereocenters. The summed E-state index contributed by atoms with van der Waals surface area (Å²) in [7, 11) is 0. The second-order valence-corrected chi connectivity index (χ2v) is 5.03. The van der Waals surface area contributed by atoms with E-state index in [1.165, 1.54) is 23.5 Å². The van der Waals surface area contributed by atoms with Crippen molar-refractivity contribution in [3.63, 3.8) is 0 Å². The van der Waals surface area contributed by atoms with E-state index < -0.39 is 17.7 Å². The number of rotatable bonds is 2. The summed E-state index contributed by atoms with van der Waals surface area (Å²) in [6.07, 6.45) is 0. The summed E-state index contributed by atoms with van der Waals surface area (Å²) in [4.78, 5) is 0.746. The summed E-state index contributed by atoms with van der Waals surface area (Å²) in [6.45, 7) is 0. The monoisotopic (exact) mass is 259 g/mol. The Morgan fingerprint density at radius 3 is 2.50 bits per heavy atom. The molecule has 5 heteroatoms. The highest BCUT2D eigenvalue weighted by Gasteiger charge is 2.15. The molecular formula is C11H8ClF2NS. The van der Waals surface area contributed by atoms with Gasteiger partial charge < -0.3 is 5.73 Å². The zero-order valence-corrected chi connectivity index (χ0v) is 9.66. The van der Waals surface area contributed by atoms with Crippen molar-refractivity contribution in [2.24, 2.45) is 5.73 Å². The normalized spacial score (nSPS) is 12.8. The van der Waals surface area contributed by atoms with Crippen molar-refractivity contribution < 1.29 is 8.78 Å². The van der Waals surface area contributed by atoms with Crippen LogP contribution in [0.25, 0.3) is 0 Å². The lowest BCUT2D eigenvalue weighted by Gasteiger charge is -2.10. The van der Waals surface area contributed by atoms with E-state index in [-0.39, 0.29) is 5.56 Å². The third kappa shape index (κ3) is 2.24. The maximum Gasteiger partial charge on any atom is 0.131 e. The van der Waals surface area contributed by atoms with Gasteiger partial charge in [-0.3, -0.25) is 0 Å². The van der Waals surface area contributed by atoms with E-state index in [0.717, 1.165) is 10.9 Å². The Morgan fingerprint density at radius 2 is 1.94 bits per heavy atom. The summed E-state index contributed by atoms with van der Waals surface area (Å²) < 4.78 is 26.8. The highest BCUT2D eigenvalue weighted by molar-refractivity contribution is 7.16. The quantitative estimate of drug-likeness (QED) is 0.874. The van der Waals surface area contributed by atoms with Crippen molar-refractivity contribution >= 4 is 22.9 Å². The molecule has 16 heavy (non-hydrogen) atoms. The van der Waals surface area contributed by atoms with Crippen LogP contribution in [0.2, 0.25) is 4.34 Å². The molecule has 0 aliphatic heterocycles. The predicted molar refractivity (Wildman–Crippen MR) is 61.7 cm³/mol. The number of halogens is 3. The van der Waals surface area contributed by atoms with Crippen molar-refractivity contribution in [3.05, 3.63) is 56.7 Å². The van der Waals surface area contributed by atoms with Gasteiger partial charge in [0.15, 0.2) is 0 Å². The van der Waals surface area contributed by atoms with Crippen molar-refractivity contribution in [1.29, 1.82) is 0 Å². The van der Waals surface area contributed by atoms with E-state index in [4.69, 9.17) is 17.3 Å². The standard InChI is InChI=1S/C11H8ClF2NS/c12-10-4-3-9(16-10)11(15)7-2-1-6(13)5-8(7)14/h1-5,11H,15H2. The molecule has 1 heterocycles. The number of benzene rings is 1. The van der Waals surface area contributed by atoms with Crippen molar-refractivity contribution in [2.45, 2.75) is 6.04 Å². The highest BCUT2D eigenvalue weighted by Crippen LogP contribution is 2.30. The number of hydrogen-bond donors (Lipinski definition) is 1. The average Bonchev–Trinajstić information content (AvgIpc) is 2.64. The van der Waals surface area contributed by atoms with E-state index in [1.807, 2.05) is 0 Å². The lowest BCUT2D eigenvalue weighted by molar-refractivity contribution is 0.566. The number of thiophene rings is 1. The van der Waals surface area contributed by atoms with Gasteiger partial charge in [0, 0.05) is 16.5 Å². The van der Waals surface area contributed by atoms with Gasteiger partial charge >= 0.3 is 0 Å². The van der Waals surface area contributed by atoms with Gasteiger partial charge in [-0.1, -0.05) is 17.7 Å². The molecule has 84 valence electrons. The van der Waals surface area contributed by atoms with Crippen LogP contribution < -0.4 is 5.73 Å². The van der Waals surface area contributed by atoms with Crippen LogP contribution in [0, 0.1) is 11.6 Å². The number of nitrogens with two attached hydrogens (primary N) is 1. The highest BCUT2D eigenvalue weighted by atomic mass is 35.5. The van der Waals surface area contributed by atoms with Gasteiger partial charge in [-0.05, 0) is 18.2 Å². The topological polar surface area (TPSA) is 26.0 Å². The van der Waals surface area contributed by atoms with Gasteiger partial charge in [0.2, 0.25) is 0 Å². The molecule has 1 unspecified atom stereocenters. The Balaban J connectivity index is 2.37. The summed E-state index contributed by atoms with van der Waals surface area (Å²) >= 11 is 7.05. The first kappa shape index (κ1) is 11.5. The summed E-state index contributed by atoms with van der Waals surface area (Å²) in [5, 5.41) is 0. The fraction of sp³-hybridized carbons (Fsp3) is 0.0909. The molecule has 0 radical (unpaired) electrons. The number of hydrogen-bond acceptors (Lipinski definition) is 2. The predicted octanol–water partition coefficient (Wildman–Crippen LogP) is 3.73. The molecule has 0 bridgehead atoms. The minimum absolute atomic E-state index is 0.264. The van der Waals surface area contributed by atoms with Crippen LogP contribution in [0.1, 0.15) is 16.5 Å². The molecular weight excluding hydrogens is 252 g/mol. The third-order valence-corrected chi connectivity index (χ3v) is 3.51. The maximum atomic E-state index is 13.4. The van der Waals surface area contributed by atoms with E-state index in [9.17, 15) is 8.78 Å². The maximum absolute atomic E-state index is 13.4. The van der Waals surface area contributed by atoms with Gasteiger partial charge in [0.1, 0.15) is 11.6 Å². The molecule has 0 amide bonds. The molecule has 0 fully saturated rings. The molecule has 1 nitrogen and oxygen atoms in total. The Hall–Kier alpha value is -0.970. The zero-order chi connectivity index (χ0) is 11.7. The third-order valence-electron chi connectivity index (χ3n) is 2.20. The fourth-order valence-electron chi connectivity index (χ4n) is 1.40. The van der Waals surface area contributed by atoms with Crippen LogP contribution in [0.4, 0.5) is 8.78 Å². The fourth-order valence-corrected chi connectivity index (χ4v) is 2.48. The minimum Gasteiger partial charge on any atom is -0.320 e. The van der Waals surface area contributed by atoms with Gasteiger partial charge in [0.05, 0.1) is 10.4 Å². The molecule has 2 rings (SSSR count). The van der Waals surface area contributed by atoms with Gasteiger partial charge in [-0.2, -0.15) is 0 Å². The Morgan fingerprint density at radius 1 is 1.19 bits per heavy atom. The molecule has 2 N–H and O–H groups in total. The first-order chi connectivity index (χ1) is 7.58. The smallest absolute Gasteiger partial charge is 0.131 e. The molecule has 0 spiro atoms. The second-order valence-electron chi connectivity index (χ2n) is 3.29. The van der Waals surface area contributed by atoms with Crippen LogP contribution in [0.3, 0.4) is 0 Å². The van der Waals surface area contributed by atoms with Crippen LogP contribution in [0.15, 0.2) is 30.3 Å². The molecule has 1 aromatic carbocycles. The van der Waals surface area contributed by atoms with Crippen LogP contribution in [-0.4, -0.2) is 0 Å². The Bertz CT molecular complexity index is 512. The first-order valence-electron chi connectivity index (χ1n) is 4.53. The van der Waals surface area contributed by atoms with Gasteiger partial charge in [-0.15, -0.1) is 11.3 Å².